The molecule has 3 rings (SSSR count). The lowest BCUT2D eigenvalue weighted by Crippen LogP contribution is -2.40. The van der Waals surface area contributed by atoms with E-state index in [1.54, 1.807) is 26.0 Å². The van der Waals surface area contributed by atoms with Crippen LogP contribution in [-0.4, -0.2) is 51.0 Å². The van der Waals surface area contributed by atoms with E-state index in [1.807, 2.05) is 36.4 Å². The minimum absolute atomic E-state index is 0. The number of halogens is 1. The van der Waals surface area contributed by atoms with Gasteiger partial charge in [0, 0.05) is 45.7 Å². The first-order valence-corrected chi connectivity index (χ1v) is 10.9. The summed E-state index contributed by atoms with van der Waals surface area (Å²) in [6.07, 6.45) is 0.802. The van der Waals surface area contributed by atoms with Crippen molar-refractivity contribution in [3.8, 4) is 0 Å². The van der Waals surface area contributed by atoms with Gasteiger partial charge in [0.25, 0.3) is 5.91 Å². The summed E-state index contributed by atoms with van der Waals surface area (Å²) in [6.45, 7) is 1.46. The van der Waals surface area contributed by atoms with Crippen molar-refractivity contribution in [2.75, 3.05) is 34.2 Å². The zero-order valence-corrected chi connectivity index (χ0v) is 21.8. The van der Waals surface area contributed by atoms with Crippen molar-refractivity contribution >= 4 is 35.8 Å². The molecule has 3 aromatic carbocycles. The smallest absolute Gasteiger partial charge is 0.253 e. The monoisotopic (exact) mass is 556 g/mol. The van der Waals surface area contributed by atoms with E-state index in [0.29, 0.717) is 5.56 Å². The van der Waals surface area contributed by atoms with Gasteiger partial charge in [-0.15, -0.1) is 24.0 Å². The molecular formula is C27H33IN4O. The van der Waals surface area contributed by atoms with Gasteiger partial charge in [0.2, 0.25) is 0 Å². The Bertz CT molecular complexity index is 983. The van der Waals surface area contributed by atoms with E-state index in [9.17, 15) is 4.79 Å². The summed E-state index contributed by atoms with van der Waals surface area (Å²) in [6, 6.07) is 28.8. The van der Waals surface area contributed by atoms with Crippen LogP contribution in [0.2, 0.25) is 0 Å². The van der Waals surface area contributed by atoms with Gasteiger partial charge >= 0.3 is 0 Å². The van der Waals surface area contributed by atoms with Gasteiger partial charge in [-0.05, 0) is 35.2 Å². The van der Waals surface area contributed by atoms with Crippen molar-refractivity contribution in [1.82, 2.24) is 15.5 Å². The Balaban J connectivity index is 0.00000385. The molecule has 2 N–H and O–H groups in total. The van der Waals surface area contributed by atoms with Crippen LogP contribution in [0.4, 0.5) is 0 Å². The van der Waals surface area contributed by atoms with Crippen molar-refractivity contribution in [2.24, 2.45) is 4.99 Å². The molecular weight excluding hydrogens is 523 g/mol. The van der Waals surface area contributed by atoms with Gasteiger partial charge in [0.1, 0.15) is 0 Å². The number of guanidine groups is 1. The summed E-state index contributed by atoms with van der Waals surface area (Å²) in [5, 5.41) is 6.87. The molecule has 174 valence electrons. The fourth-order valence-corrected chi connectivity index (χ4v) is 3.66. The highest BCUT2D eigenvalue weighted by atomic mass is 127. The van der Waals surface area contributed by atoms with Crippen LogP contribution in [0.15, 0.2) is 89.9 Å². The minimum atomic E-state index is 0. The molecule has 0 aromatic heterocycles. The average molecular weight is 556 g/mol. The molecule has 0 aliphatic carbocycles. The van der Waals surface area contributed by atoms with E-state index < -0.39 is 0 Å². The number of nitrogens with one attached hydrogen (secondary N) is 2. The molecule has 0 spiro atoms. The lowest BCUT2D eigenvalue weighted by molar-refractivity contribution is 0.0827. The number of aliphatic imine (C=N–C) groups is 1. The molecule has 6 heteroatoms. The normalized spacial score (nSPS) is 11.0. The third-order valence-electron chi connectivity index (χ3n) is 5.39. The first-order chi connectivity index (χ1) is 15.6. The van der Waals surface area contributed by atoms with E-state index in [2.05, 4.69) is 64.2 Å². The highest BCUT2D eigenvalue weighted by molar-refractivity contribution is 14.0. The molecule has 0 unspecified atom stereocenters. The predicted octanol–water partition coefficient (Wildman–Crippen LogP) is 4.55. The van der Waals surface area contributed by atoms with Gasteiger partial charge in [0.05, 0.1) is 0 Å². The molecule has 0 saturated heterocycles. The number of rotatable bonds is 8. The second kappa shape index (κ2) is 13.6. The van der Waals surface area contributed by atoms with Crippen LogP contribution >= 0.6 is 24.0 Å². The summed E-state index contributed by atoms with van der Waals surface area (Å²) in [5.74, 6) is 1.01. The molecule has 0 heterocycles. The van der Waals surface area contributed by atoms with Gasteiger partial charge in [-0.3, -0.25) is 9.79 Å². The second-order valence-electron chi connectivity index (χ2n) is 7.90. The van der Waals surface area contributed by atoms with Crippen LogP contribution in [0.1, 0.15) is 33.0 Å². The number of carbonyl (C=O) groups is 1. The van der Waals surface area contributed by atoms with E-state index in [4.69, 9.17) is 0 Å². The molecule has 0 aliphatic heterocycles. The van der Waals surface area contributed by atoms with Gasteiger partial charge in [-0.25, -0.2) is 0 Å². The van der Waals surface area contributed by atoms with Gasteiger partial charge in [-0.1, -0.05) is 72.8 Å². The lowest BCUT2D eigenvalue weighted by atomic mass is 9.91. The highest BCUT2D eigenvalue weighted by Crippen LogP contribution is 2.23. The van der Waals surface area contributed by atoms with Crippen LogP contribution in [0.5, 0.6) is 0 Å². The summed E-state index contributed by atoms with van der Waals surface area (Å²) in [5.41, 5.74) is 4.36. The molecule has 3 aromatic rings. The average Bonchev–Trinajstić information content (AvgIpc) is 2.84. The maximum Gasteiger partial charge on any atom is 0.253 e. The van der Waals surface area contributed by atoms with Crippen molar-refractivity contribution in [2.45, 2.75) is 12.3 Å². The van der Waals surface area contributed by atoms with Crippen molar-refractivity contribution in [3.63, 3.8) is 0 Å². The Morgan fingerprint density at radius 3 is 2.03 bits per heavy atom. The summed E-state index contributed by atoms with van der Waals surface area (Å²) < 4.78 is 0. The number of benzene rings is 3. The fourth-order valence-electron chi connectivity index (χ4n) is 3.66. The molecule has 0 radical (unpaired) electrons. The first kappa shape index (κ1) is 26.4. The van der Waals surface area contributed by atoms with Crippen LogP contribution in [-0.2, 0) is 6.42 Å². The van der Waals surface area contributed by atoms with E-state index in [0.717, 1.165) is 31.0 Å². The minimum Gasteiger partial charge on any atom is -0.356 e. The zero-order chi connectivity index (χ0) is 22.8. The zero-order valence-electron chi connectivity index (χ0n) is 19.5. The van der Waals surface area contributed by atoms with E-state index >= 15 is 0 Å². The summed E-state index contributed by atoms with van der Waals surface area (Å²) in [7, 11) is 5.32. The summed E-state index contributed by atoms with van der Waals surface area (Å²) in [4.78, 5) is 18.2. The lowest BCUT2D eigenvalue weighted by Gasteiger charge is -2.20. The molecule has 1 amide bonds. The van der Waals surface area contributed by atoms with E-state index in [1.165, 1.54) is 11.1 Å². The Morgan fingerprint density at radius 2 is 1.48 bits per heavy atom. The number of hydrogen-bond acceptors (Lipinski definition) is 2. The van der Waals surface area contributed by atoms with Crippen LogP contribution in [0.25, 0.3) is 0 Å². The van der Waals surface area contributed by atoms with E-state index in [-0.39, 0.29) is 35.8 Å². The number of nitrogens with zero attached hydrogens (tertiary/aromatic N) is 2. The third-order valence-corrected chi connectivity index (χ3v) is 5.39. The molecule has 0 bridgehead atoms. The predicted molar refractivity (Wildman–Crippen MR) is 148 cm³/mol. The third kappa shape index (κ3) is 7.89. The second-order valence-corrected chi connectivity index (χ2v) is 7.90. The maximum atomic E-state index is 12.2. The van der Waals surface area contributed by atoms with Crippen molar-refractivity contribution in [1.29, 1.82) is 0 Å². The number of hydrogen-bond donors (Lipinski definition) is 2. The van der Waals surface area contributed by atoms with Crippen molar-refractivity contribution in [3.05, 3.63) is 107 Å². The molecule has 0 saturated carbocycles. The Morgan fingerprint density at radius 1 is 0.879 bits per heavy atom. The Hall–Kier alpha value is -2.87. The van der Waals surface area contributed by atoms with Gasteiger partial charge < -0.3 is 15.5 Å². The largest absolute Gasteiger partial charge is 0.356 e. The SMILES string of the molecule is CN=C(NCCc1cccc(C(=O)N(C)C)c1)NCC(c1ccccc1)c1ccccc1.I. The molecule has 0 aliphatic rings. The quantitative estimate of drug-likeness (QED) is 0.243. The molecule has 5 nitrogen and oxygen atoms in total. The van der Waals surface area contributed by atoms with Crippen LogP contribution in [0, 0.1) is 0 Å². The Labute approximate surface area is 214 Å². The van der Waals surface area contributed by atoms with Crippen molar-refractivity contribution < 1.29 is 4.79 Å². The molecule has 0 fully saturated rings. The van der Waals surface area contributed by atoms with Crippen LogP contribution in [0.3, 0.4) is 0 Å². The molecule has 0 atom stereocenters. The first-order valence-electron chi connectivity index (χ1n) is 10.9. The summed E-state index contributed by atoms with van der Waals surface area (Å²) >= 11 is 0. The Kier molecular flexibility index (Phi) is 10.9. The topological polar surface area (TPSA) is 56.7 Å². The molecule has 33 heavy (non-hydrogen) atoms. The highest BCUT2D eigenvalue weighted by Gasteiger charge is 2.14. The number of amides is 1. The van der Waals surface area contributed by atoms with Gasteiger partial charge in [0.15, 0.2) is 5.96 Å². The fraction of sp³-hybridized carbons (Fsp3) is 0.259. The van der Waals surface area contributed by atoms with Crippen LogP contribution < -0.4 is 10.6 Å². The van der Waals surface area contributed by atoms with Gasteiger partial charge in [-0.2, -0.15) is 0 Å². The standard InChI is InChI=1S/C27H32N4O.HI/c1-28-27(29-18-17-21-11-10-16-24(19-21)26(32)31(2)3)30-20-25(22-12-6-4-7-13-22)23-14-8-5-9-15-23;/h4-16,19,25H,17-18,20H2,1-3H3,(H2,28,29,30);1H. The maximum absolute atomic E-state index is 12.2. The number of carbonyl (C=O) groups excluding carboxylic acids is 1.